The van der Waals surface area contributed by atoms with Crippen LogP contribution in [0.2, 0.25) is 0 Å². The van der Waals surface area contributed by atoms with Gasteiger partial charge in [-0.3, -0.25) is 4.79 Å². The minimum Gasteiger partial charge on any atom is -0.494 e. The van der Waals surface area contributed by atoms with Crippen molar-refractivity contribution in [3.63, 3.8) is 0 Å². The van der Waals surface area contributed by atoms with Gasteiger partial charge in [0.15, 0.2) is 0 Å². The zero-order valence-electron chi connectivity index (χ0n) is 11.9. The summed E-state index contributed by atoms with van der Waals surface area (Å²) in [5.41, 5.74) is 0.810. The van der Waals surface area contributed by atoms with Crippen LogP contribution in [-0.2, 0) is 4.79 Å². The Morgan fingerprint density at radius 1 is 1.40 bits per heavy atom. The molecule has 1 unspecified atom stereocenters. The normalized spacial score (nSPS) is 12.2. The number of hydrogen-bond acceptors (Lipinski definition) is 5. The lowest BCUT2D eigenvalue weighted by molar-refractivity contribution is -0.119. The average molecular weight is 274 g/mol. The molecule has 1 heterocycles. The van der Waals surface area contributed by atoms with E-state index in [0.717, 1.165) is 11.3 Å². The molecule has 0 N–H and O–H groups in total. The van der Waals surface area contributed by atoms with E-state index in [2.05, 4.69) is 10.1 Å². The number of rotatable bonds is 6. The second-order valence-electron chi connectivity index (χ2n) is 4.49. The Hall–Kier alpha value is -2.17. The van der Waals surface area contributed by atoms with Crippen LogP contribution in [0.1, 0.15) is 39.0 Å². The molecule has 2 rings (SSSR count). The Kier molecular flexibility index (Phi) is 4.50. The van der Waals surface area contributed by atoms with Gasteiger partial charge in [-0.15, -0.1) is 0 Å². The topological polar surface area (TPSA) is 65.2 Å². The number of hydrogen-bond donors (Lipinski definition) is 0. The Labute approximate surface area is 118 Å². The minimum atomic E-state index is -0.327. The number of aromatic nitrogens is 2. The van der Waals surface area contributed by atoms with Crippen LogP contribution in [-0.4, -0.2) is 22.5 Å². The molecular formula is C15H18N2O3. The highest BCUT2D eigenvalue weighted by Gasteiger charge is 2.22. The number of carbonyl (C=O) groups is 1. The van der Waals surface area contributed by atoms with Crippen molar-refractivity contribution in [1.29, 1.82) is 0 Å². The summed E-state index contributed by atoms with van der Waals surface area (Å²) in [7, 11) is 0. The van der Waals surface area contributed by atoms with Crippen molar-refractivity contribution in [3.05, 3.63) is 30.2 Å². The van der Waals surface area contributed by atoms with E-state index in [9.17, 15) is 4.79 Å². The molecule has 0 fully saturated rings. The Bertz CT molecular complexity index is 592. The molecule has 0 radical (unpaired) electrons. The van der Waals surface area contributed by atoms with Gasteiger partial charge in [-0.1, -0.05) is 24.2 Å². The van der Waals surface area contributed by atoms with Gasteiger partial charge in [0.05, 0.1) is 12.5 Å². The van der Waals surface area contributed by atoms with Gasteiger partial charge in [0.1, 0.15) is 11.5 Å². The SMILES string of the molecule is CCOc1cccc(-c2noc(C(CC)C(C)=O)n2)c1. The number of carbonyl (C=O) groups excluding carboxylic acids is 1. The van der Waals surface area contributed by atoms with Gasteiger partial charge < -0.3 is 9.26 Å². The van der Waals surface area contributed by atoms with Crippen LogP contribution in [0.15, 0.2) is 28.8 Å². The van der Waals surface area contributed by atoms with E-state index in [1.807, 2.05) is 38.1 Å². The highest BCUT2D eigenvalue weighted by Crippen LogP contribution is 2.25. The molecule has 0 saturated carbocycles. The van der Waals surface area contributed by atoms with Crippen molar-refractivity contribution in [2.75, 3.05) is 6.61 Å². The van der Waals surface area contributed by atoms with Gasteiger partial charge in [0.25, 0.3) is 0 Å². The highest BCUT2D eigenvalue weighted by atomic mass is 16.5. The fourth-order valence-electron chi connectivity index (χ4n) is 2.02. The van der Waals surface area contributed by atoms with Crippen molar-refractivity contribution in [2.45, 2.75) is 33.1 Å². The molecule has 0 aliphatic carbocycles. The monoisotopic (exact) mass is 274 g/mol. The molecule has 1 aromatic heterocycles. The molecule has 1 aromatic carbocycles. The van der Waals surface area contributed by atoms with Crippen LogP contribution in [0.25, 0.3) is 11.4 Å². The first kappa shape index (κ1) is 14.2. The predicted molar refractivity (Wildman–Crippen MR) is 74.6 cm³/mol. The maximum Gasteiger partial charge on any atom is 0.237 e. The van der Waals surface area contributed by atoms with Crippen molar-refractivity contribution in [3.8, 4) is 17.1 Å². The summed E-state index contributed by atoms with van der Waals surface area (Å²) < 4.78 is 10.7. The van der Waals surface area contributed by atoms with Gasteiger partial charge in [-0.25, -0.2) is 0 Å². The third kappa shape index (κ3) is 3.04. The summed E-state index contributed by atoms with van der Waals surface area (Å²) in [6.07, 6.45) is 0.649. The smallest absolute Gasteiger partial charge is 0.237 e. The van der Waals surface area contributed by atoms with Crippen LogP contribution in [0.4, 0.5) is 0 Å². The first-order valence-electron chi connectivity index (χ1n) is 6.73. The molecule has 106 valence electrons. The molecule has 2 aromatic rings. The summed E-state index contributed by atoms with van der Waals surface area (Å²) in [6.45, 7) is 5.99. The second kappa shape index (κ2) is 6.32. The van der Waals surface area contributed by atoms with Gasteiger partial charge in [-0.05, 0) is 32.4 Å². The Morgan fingerprint density at radius 3 is 2.85 bits per heavy atom. The Morgan fingerprint density at radius 2 is 2.20 bits per heavy atom. The molecule has 1 atom stereocenters. The maximum atomic E-state index is 11.5. The molecule has 5 nitrogen and oxygen atoms in total. The van der Waals surface area contributed by atoms with Crippen molar-refractivity contribution in [2.24, 2.45) is 0 Å². The zero-order chi connectivity index (χ0) is 14.5. The first-order valence-corrected chi connectivity index (χ1v) is 6.73. The molecule has 0 amide bonds. The largest absolute Gasteiger partial charge is 0.494 e. The third-order valence-corrected chi connectivity index (χ3v) is 3.04. The van der Waals surface area contributed by atoms with Crippen molar-refractivity contribution >= 4 is 5.78 Å². The van der Waals surface area contributed by atoms with E-state index in [4.69, 9.17) is 9.26 Å². The van der Waals surface area contributed by atoms with E-state index in [1.165, 1.54) is 6.92 Å². The number of ether oxygens (including phenoxy) is 1. The summed E-state index contributed by atoms with van der Waals surface area (Å²) in [4.78, 5) is 15.8. The molecular weight excluding hydrogens is 256 g/mol. The minimum absolute atomic E-state index is 0.0331. The van der Waals surface area contributed by atoms with Crippen LogP contribution >= 0.6 is 0 Å². The van der Waals surface area contributed by atoms with Crippen LogP contribution in [0.5, 0.6) is 5.75 Å². The molecule has 5 heteroatoms. The van der Waals surface area contributed by atoms with Gasteiger partial charge in [0, 0.05) is 5.56 Å². The summed E-state index contributed by atoms with van der Waals surface area (Å²) >= 11 is 0. The Balaban J connectivity index is 2.28. The molecule has 0 aliphatic heterocycles. The maximum absolute atomic E-state index is 11.5. The molecule has 0 bridgehead atoms. The number of nitrogens with zero attached hydrogens (tertiary/aromatic N) is 2. The average Bonchev–Trinajstić information content (AvgIpc) is 2.89. The van der Waals surface area contributed by atoms with E-state index in [0.29, 0.717) is 24.7 Å². The first-order chi connectivity index (χ1) is 9.65. The van der Waals surface area contributed by atoms with Gasteiger partial charge in [0.2, 0.25) is 11.7 Å². The molecule has 0 saturated heterocycles. The lowest BCUT2D eigenvalue weighted by atomic mass is 10.0. The quantitative estimate of drug-likeness (QED) is 0.809. The summed E-state index contributed by atoms with van der Waals surface area (Å²) in [5.74, 6) is 1.31. The summed E-state index contributed by atoms with van der Waals surface area (Å²) in [5, 5.41) is 3.95. The zero-order valence-corrected chi connectivity index (χ0v) is 11.9. The molecule has 20 heavy (non-hydrogen) atoms. The van der Waals surface area contributed by atoms with E-state index >= 15 is 0 Å². The van der Waals surface area contributed by atoms with Crippen LogP contribution in [0, 0.1) is 0 Å². The van der Waals surface area contributed by atoms with Gasteiger partial charge >= 0.3 is 0 Å². The lowest BCUT2D eigenvalue weighted by Crippen LogP contribution is -2.07. The number of ketones is 1. The van der Waals surface area contributed by atoms with Crippen LogP contribution in [0.3, 0.4) is 0 Å². The summed E-state index contributed by atoms with van der Waals surface area (Å²) in [6, 6.07) is 7.48. The van der Waals surface area contributed by atoms with E-state index in [1.54, 1.807) is 0 Å². The van der Waals surface area contributed by atoms with Crippen molar-refractivity contribution in [1.82, 2.24) is 10.1 Å². The highest BCUT2D eigenvalue weighted by molar-refractivity contribution is 5.82. The van der Waals surface area contributed by atoms with Gasteiger partial charge in [-0.2, -0.15) is 4.98 Å². The van der Waals surface area contributed by atoms with E-state index in [-0.39, 0.29) is 11.7 Å². The fraction of sp³-hybridized carbons (Fsp3) is 0.400. The molecule has 0 spiro atoms. The number of Topliss-reactive ketones (excluding diaryl/α,β-unsaturated/α-hetero) is 1. The van der Waals surface area contributed by atoms with Crippen LogP contribution < -0.4 is 4.74 Å². The predicted octanol–water partition coefficient (Wildman–Crippen LogP) is 3.22. The number of benzene rings is 1. The molecule has 0 aliphatic rings. The van der Waals surface area contributed by atoms with Crippen molar-refractivity contribution < 1.29 is 14.1 Å². The fourth-order valence-corrected chi connectivity index (χ4v) is 2.02. The second-order valence-corrected chi connectivity index (χ2v) is 4.49. The standard InChI is InChI=1S/C15H18N2O3/c1-4-13(10(3)18)15-16-14(17-20-15)11-7-6-8-12(9-11)19-5-2/h6-9,13H,4-5H2,1-3H3. The third-order valence-electron chi connectivity index (χ3n) is 3.04. The lowest BCUT2D eigenvalue weighted by Gasteiger charge is -2.04. The van der Waals surface area contributed by atoms with E-state index < -0.39 is 0 Å².